The Balaban J connectivity index is 1.67. The van der Waals surface area contributed by atoms with Crippen LogP contribution < -0.4 is 10.6 Å². The number of likely N-dealkylation sites (N-methyl/N-ethyl adjacent to an activating group) is 1. The molecule has 0 spiro atoms. The fourth-order valence-electron chi connectivity index (χ4n) is 3.45. The SMILES string of the molecule is CNC(=O)C1(NC(=O)c2cccnc2)CCN(C(=O)Cc2ccccc2)CC1. The molecule has 0 unspecified atom stereocenters. The molecule has 0 bridgehead atoms. The first-order valence-electron chi connectivity index (χ1n) is 9.30. The lowest BCUT2D eigenvalue weighted by atomic mass is 9.85. The number of likely N-dealkylation sites (tertiary alicyclic amines) is 1. The molecule has 0 radical (unpaired) electrons. The number of pyridine rings is 1. The van der Waals surface area contributed by atoms with E-state index < -0.39 is 5.54 Å². The van der Waals surface area contributed by atoms with Crippen LogP contribution in [0.3, 0.4) is 0 Å². The van der Waals surface area contributed by atoms with Crippen LogP contribution in [0, 0.1) is 0 Å². The molecule has 3 amide bonds. The van der Waals surface area contributed by atoms with Gasteiger partial charge >= 0.3 is 0 Å². The van der Waals surface area contributed by atoms with Gasteiger partial charge in [-0.1, -0.05) is 30.3 Å². The van der Waals surface area contributed by atoms with Gasteiger partial charge in [-0.05, 0) is 30.5 Å². The molecular weight excluding hydrogens is 356 g/mol. The number of aromatic nitrogens is 1. The van der Waals surface area contributed by atoms with Crippen molar-refractivity contribution < 1.29 is 14.4 Å². The minimum absolute atomic E-state index is 0.0234. The Morgan fingerprint density at radius 1 is 1.07 bits per heavy atom. The van der Waals surface area contributed by atoms with Gasteiger partial charge in [-0.15, -0.1) is 0 Å². The van der Waals surface area contributed by atoms with Crippen molar-refractivity contribution in [1.82, 2.24) is 20.5 Å². The van der Waals surface area contributed by atoms with Crippen LogP contribution in [-0.2, 0) is 16.0 Å². The Kier molecular flexibility index (Phi) is 6.03. The highest BCUT2D eigenvalue weighted by molar-refractivity contribution is 5.99. The number of amides is 3. The van der Waals surface area contributed by atoms with Crippen LogP contribution in [0.4, 0.5) is 0 Å². The Hall–Kier alpha value is -3.22. The van der Waals surface area contributed by atoms with Crippen molar-refractivity contribution in [2.24, 2.45) is 0 Å². The fourth-order valence-corrected chi connectivity index (χ4v) is 3.45. The summed E-state index contributed by atoms with van der Waals surface area (Å²) in [6, 6.07) is 12.9. The second-order valence-corrected chi connectivity index (χ2v) is 6.90. The summed E-state index contributed by atoms with van der Waals surface area (Å²) in [4.78, 5) is 43.5. The average molecular weight is 380 g/mol. The van der Waals surface area contributed by atoms with Crippen molar-refractivity contribution in [2.75, 3.05) is 20.1 Å². The van der Waals surface area contributed by atoms with Gasteiger partial charge in [0, 0.05) is 32.5 Å². The quantitative estimate of drug-likeness (QED) is 0.814. The molecule has 7 nitrogen and oxygen atoms in total. The summed E-state index contributed by atoms with van der Waals surface area (Å²) in [7, 11) is 1.55. The second kappa shape index (κ2) is 8.65. The van der Waals surface area contributed by atoms with Crippen molar-refractivity contribution in [2.45, 2.75) is 24.8 Å². The molecule has 146 valence electrons. The third-order valence-electron chi connectivity index (χ3n) is 5.11. The monoisotopic (exact) mass is 380 g/mol. The van der Waals surface area contributed by atoms with Crippen molar-refractivity contribution in [3.63, 3.8) is 0 Å². The average Bonchev–Trinajstić information content (AvgIpc) is 2.74. The molecule has 2 aromatic rings. The summed E-state index contributed by atoms with van der Waals surface area (Å²) in [5.74, 6) is -0.573. The molecule has 1 aliphatic rings. The molecule has 7 heteroatoms. The van der Waals surface area contributed by atoms with E-state index >= 15 is 0 Å². The molecule has 2 heterocycles. The number of rotatable bonds is 5. The summed E-state index contributed by atoms with van der Waals surface area (Å²) in [5, 5.41) is 5.52. The molecule has 3 rings (SSSR count). The van der Waals surface area contributed by atoms with E-state index in [9.17, 15) is 14.4 Å². The molecule has 2 N–H and O–H groups in total. The van der Waals surface area contributed by atoms with Gasteiger partial charge in [-0.3, -0.25) is 19.4 Å². The van der Waals surface area contributed by atoms with Crippen LogP contribution in [-0.4, -0.2) is 53.3 Å². The predicted molar refractivity (Wildman–Crippen MR) is 104 cm³/mol. The van der Waals surface area contributed by atoms with Crippen LogP contribution in [0.2, 0.25) is 0 Å². The second-order valence-electron chi connectivity index (χ2n) is 6.90. The first kappa shape index (κ1) is 19.5. The van der Waals surface area contributed by atoms with Gasteiger partial charge in [0.05, 0.1) is 12.0 Å². The first-order chi connectivity index (χ1) is 13.5. The number of benzene rings is 1. The van der Waals surface area contributed by atoms with E-state index in [0.717, 1.165) is 5.56 Å². The molecule has 0 atom stereocenters. The normalized spacial score (nSPS) is 15.5. The van der Waals surface area contributed by atoms with E-state index in [1.807, 2.05) is 30.3 Å². The zero-order chi connectivity index (χ0) is 20.0. The smallest absolute Gasteiger partial charge is 0.253 e. The molecule has 1 saturated heterocycles. The van der Waals surface area contributed by atoms with Crippen LogP contribution in [0.15, 0.2) is 54.9 Å². The van der Waals surface area contributed by atoms with E-state index in [-0.39, 0.29) is 17.7 Å². The third kappa shape index (κ3) is 4.36. The van der Waals surface area contributed by atoms with Gasteiger partial charge < -0.3 is 15.5 Å². The van der Waals surface area contributed by atoms with Crippen molar-refractivity contribution in [3.05, 3.63) is 66.0 Å². The lowest BCUT2D eigenvalue weighted by molar-refractivity contribution is -0.136. The van der Waals surface area contributed by atoms with E-state index in [4.69, 9.17) is 0 Å². The maximum atomic E-state index is 12.6. The van der Waals surface area contributed by atoms with E-state index in [1.54, 1.807) is 30.3 Å². The highest BCUT2D eigenvalue weighted by atomic mass is 16.2. The van der Waals surface area contributed by atoms with E-state index in [1.165, 1.54) is 6.20 Å². The Bertz CT molecular complexity index is 831. The predicted octanol–water partition coefficient (Wildman–Crippen LogP) is 1.16. The van der Waals surface area contributed by atoms with E-state index in [2.05, 4.69) is 15.6 Å². The molecule has 0 saturated carbocycles. The number of carbonyl (C=O) groups is 3. The molecule has 28 heavy (non-hydrogen) atoms. The van der Waals surface area contributed by atoms with Crippen molar-refractivity contribution in [1.29, 1.82) is 0 Å². The number of nitrogens with one attached hydrogen (secondary N) is 2. The zero-order valence-electron chi connectivity index (χ0n) is 15.9. The Morgan fingerprint density at radius 2 is 1.79 bits per heavy atom. The Morgan fingerprint density at radius 3 is 2.39 bits per heavy atom. The van der Waals surface area contributed by atoms with Crippen LogP contribution in [0.5, 0.6) is 0 Å². The number of hydrogen-bond acceptors (Lipinski definition) is 4. The summed E-state index contributed by atoms with van der Waals surface area (Å²) >= 11 is 0. The minimum atomic E-state index is -1.04. The molecule has 0 aliphatic carbocycles. The van der Waals surface area contributed by atoms with Gasteiger partial charge in [0.15, 0.2) is 0 Å². The molecule has 1 aromatic heterocycles. The van der Waals surface area contributed by atoms with Crippen molar-refractivity contribution in [3.8, 4) is 0 Å². The summed E-state index contributed by atoms with van der Waals surface area (Å²) < 4.78 is 0. The van der Waals surface area contributed by atoms with Gasteiger partial charge in [-0.25, -0.2) is 0 Å². The van der Waals surface area contributed by atoms with Crippen LogP contribution in [0.1, 0.15) is 28.8 Å². The zero-order valence-corrected chi connectivity index (χ0v) is 15.9. The lowest BCUT2D eigenvalue weighted by Crippen LogP contribution is -2.63. The van der Waals surface area contributed by atoms with Gasteiger partial charge in [-0.2, -0.15) is 0 Å². The highest BCUT2D eigenvalue weighted by Gasteiger charge is 2.43. The minimum Gasteiger partial charge on any atom is -0.357 e. The third-order valence-corrected chi connectivity index (χ3v) is 5.11. The maximum Gasteiger partial charge on any atom is 0.253 e. The topological polar surface area (TPSA) is 91.4 Å². The number of carbonyl (C=O) groups excluding carboxylic acids is 3. The van der Waals surface area contributed by atoms with Crippen LogP contribution in [0.25, 0.3) is 0 Å². The largest absolute Gasteiger partial charge is 0.357 e. The lowest BCUT2D eigenvalue weighted by Gasteiger charge is -2.41. The molecule has 1 aliphatic heterocycles. The van der Waals surface area contributed by atoms with Crippen LogP contribution >= 0.6 is 0 Å². The number of hydrogen-bond donors (Lipinski definition) is 2. The van der Waals surface area contributed by atoms with Crippen molar-refractivity contribution >= 4 is 17.7 Å². The van der Waals surface area contributed by atoms with Gasteiger partial charge in [0.2, 0.25) is 11.8 Å². The Labute approximate surface area is 164 Å². The first-order valence-corrected chi connectivity index (χ1v) is 9.30. The summed E-state index contributed by atoms with van der Waals surface area (Å²) in [5.41, 5.74) is 0.319. The number of nitrogens with zero attached hydrogens (tertiary/aromatic N) is 2. The van der Waals surface area contributed by atoms with E-state index in [0.29, 0.717) is 37.9 Å². The van der Waals surface area contributed by atoms with Gasteiger partial charge in [0.25, 0.3) is 5.91 Å². The summed E-state index contributed by atoms with van der Waals surface area (Å²) in [6.07, 6.45) is 4.10. The standard InChI is InChI=1S/C21H24N4O3/c1-22-20(28)21(24-19(27)17-8-5-11-23-15-17)9-12-25(13-10-21)18(26)14-16-6-3-2-4-7-16/h2-8,11,15H,9-10,12-14H2,1H3,(H,22,28)(H,24,27). The van der Waals surface area contributed by atoms with Gasteiger partial charge in [0.1, 0.15) is 5.54 Å². The molecule has 1 aromatic carbocycles. The molecule has 1 fully saturated rings. The fraction of sp³-hybridized carbons (Fsp3) is 0.333. The summed E-state index contributed by atoms with van der Waals surface area (Å²) in [6.45, 7) is 0.818. The molecular formula is C21H24N4O3. The highest BCUT2D eigenvalue weighted by Crippen LogP contribution is 2.24. The number of piperidine rings is 1. The maximum absolute atomic E-state index is 12.6.